The lowest BCUT2D eigenvalue weighted by Gasteiger charge is -2.24. The molecule has 0 saturated carbocycles. The Bertz CT molecular complexity index is 1010. The number of amides is 1. The Morgan fingerprint density at radius 2 is 1.71 bits per heavy atom. The summed E-state index contributed by atoms with van der Waals surface area (Å²) in [4.78, 5) is 14.9. The Labute approximate surface area is 185 Å². The number of sulfonamides is 1. The third kappa shape index (κ3) is 5.00. The zero-order chi connectivity index (χ0) is 21.8. The van der Waals surface area contributed by atoms with Crippen LogP contribution in [0.1, 0.15) is 49.3 Å². The topological polar surface area (TPSA) is 69.7 Å². The van der Waals surface area contributed by atoms with E-state index in [1.165, 1.54) is 11.1 Å². The van der Waals surface area contributed by atoms with Gasteiger partial charge in [-0.3, -0.25) is 9.69 Å². The van der Waals surface area contributed by atoms with Gasteiger partial charge in [-0.1, -0.05) is 37.1 Å². The maximum absolute atomic E-state index is 12.9. The molecular formula is C24H31N3O3S. The quantitative estimate of drug-likeness (QED) is 0.740. The van der Waals surface area contributed by atoms with Gasteiger partial charge in [-0.05, 0) is 68.1 Å². The van der Waals surface area contributed by atoms with Crippen LogP contribution in [-0.4, -0.2) is 50.2 Å². The van der Waals surface area contributed by atoms with Gasteiger partial charge < -0.3 is 5.32 Å². The summed E-state index contributed by atoms with van der Waals surface area (Å²) >= 11 is 0. The smallest absolute Gasteiger partial charge is 0.243 e. The van der Waals surface area contributed by atoms with Gasteiger partial charge in [0.2, 0.25) is 15.9 Å². The number of nitrogens with one attached hydrogen (secondary N) is 1. The maximum Gasteiger partial charge on any atom is 0.243 e. The normalized spacial score (nSPS) is 19.7. The maximum atomic E-state index is 12.9. The summed E-state index contributed by atoms with van der Waals surface area (Å²) in [5.41, 5.74) is 3.28. The van der Waals surface area contributed by atoms with Crippen molar-refractivity contribution in [3.05, 3.63) is 59.7 Å². The van der Waals surface area contributed by atoms with Crippen molar-refractivity contribution >= 4 is 21.6 Å². The monoisotopic (exact) mass is 441 g/mol. The molecule has 1 aliphatic carbocycles. The molecule has 1 aliphatic heterocycles. The van der Waals surface area contributed by atoms with E-state index in [9.17, 15) is 13.2 Å². The van der Waals surface area contributed by atoms with Crippen LogP contribution in [-0.2, 0) is 21.2 Å². The predicted molar refractivity (Wildman–Crippen MR) is 122 cm³/mol. The van der Waals surface area contributed by atoms with E-state index in [0.717, 1.165) is 38.5 Å². The number of likely N-dealkylation sites (N-methyl/N-ethyl adjacent to an activating group) is 1. The molecule has 1 fully saturated rings. The molecule has 166 valence electrons. The summed E-state index contributed by atoms with van der Waals surface area (Å²) in [6.07, 6.45) is 6.04. The van der Waals surface area contributed by atoms with E-state index < -0.39 is 10.0 Å². The van der Waals surface area contributed by atoms with E-state index in [1.807, 2.05) is 13.1 Å². The lowest BCUT2D eigenvalue weighted by Crippen LogP contribution is -2.32. The Kier molecular flexibility index (Phi) is 6.74. The second-order valence-electron chi connectivity index (χ2n) is 8.56. The van der Waals surface area contributed by atoms with Crippen molar-refractivity contribution in [3.63, 3.8) is 0 Å². The Morgan fingerprint density at radius 1 is 1.03 bits per heavy atom. The molecule has 2 aromatic rings. The molecule has 0 aromatic heterocycles. The fraction of sp³-hybridized carbons (Fsp3) is 0.458. The molecule has 2 aliphatic rings. The number of aryl methyl sites for hydroxylation is 1. The van der Waals surface area contributed by atoms with Crippen LogP contribution in [0, 0.1) is 0 Å². The number of carbonyl (C=O) groups is 1. The van der Waals surface area contributed by atoms with E-state index in [1.54, 1.807) is 28.6 Å². The minimum atomic E-state index is -3.48. The van der Waals surface area contributed by atoms with Gasteiger partial charge in [-0.15, -0.1) is 0 Å². The predicted octanol–water partition coefficient (Wildman–Crippen LogP) is 3.81. The van der Waals surface area contributed by atoms with Gasteiger partial charge in [0.25, 0.3) is 0 Å². The molecule has 1 heterocycles. The van der Waals surface area contributed by atoms with Crippen LogP contribution in [0.2, 0.25) is 0 Å². The summed E-state index contributed by atoms with van der Waals surface area (Å²) in [7, 11) is -1.50. The number of fused-ring (bicyclic) bond motifs is 1. The molecule has 0 radical (unpaired) electrons. The number of hydrogen-bond acceptors (Lipinski definition) is 4. The molecule has 1 saturated heterocycles. The van der Waals surface area contributed by atoms with Gasteiger partial charge in [0.05, 0.1) is 11.4 Å². The standard InChI is InChI=1S/C24H31N3O3S/c1-26(23-15-10-19-8-4-5-9-22(19)23)18-24(28)25-20-11-13-21(14-12-20)31(29,30)27-16-6-2-3-7-17-27/h4-5,8-9,11-14,23H,2-3,6-7,10,15-18H2,1H3,(H,25,28). The highest BCUT2D eigenvalue weighted by molar-refractivity contribution is 7.89. The molecule has 4 rings (SSSR count). The molecule has 1 atom stereocenters. The van der Waals surface area contributed by atoms with Crippen LogP contribution in [0.3, 0.4) is 0 Å². The number of hydrogen-bond donors (Lipinski definition) is 1. The molecule has 31 heavy (non-hydrogen) atoms. The van der Waals surface area contributed by atoms with E-state index in [2.05, 4.69) is 28.4 Å². The molecule has 7 heteroatoms. The zero-order valence-electron chi connectivity index (χ0n) is 18.1. The average molecular weight is 442 g/mol. The van der Waals surface area contributed by atoms with Gasteiger partial charge >= 0.3 is 0 Å². The highest BCUT2D eigenvalue weighted by Crippen LogP contribution is 2.34. The first kappa shape index (κ1) is 22.0. The lowest BCUT2D eigenvalue weighted by atomic mass is 10.1. The highest BCUT2D eigenvalue weighted by atomic mass is 32.2. The van der Waals surface area contributed by atoms with Gasteiger partial charge in [0.1, 0.15) is 0 Å². The molecule has 0 bridgehead atoms. The summed E-state index contributed by atoms with van der Waals surface area (Å²) in [6.45, 7) is 1.45. The first-order chi connectivity index (χ1) is 14.9. The van der Waals surface area contributed by atoms with E-state index in [-0.39, 0.29) is 23.4 Å². The summed E-state index contributed by atoms with van der Waals surface area (Å²) < 4.78 is 27.4. The van der Waals surface area contributed by atoms with Crippen molar-refractivity contribution in [2.45, 2.75) is 49.5 Å². The molecule has 1 unspecified atom stereocenters. The van der Waals surface area contributed by atoms with Gasteiger partial charge in [-0.25, -0.2) is 8.42 Å². The molecular weight excluding hydrogens is 410 g/mol. The van der Waals surface area contributed by atoms with Crippen molar-refractivity contribution in [1.29, 1.82) is 0 Å². The lowest BCUT2D eigenvalue weighted by molar-refractivity contribution is -0.117. The van der Waals surface area contributed by atoms with Crippen LogP contribution in [0.5, 0.6) is 0 Å². The Morgan fingerprint density at radius 3 is 2.42 bits per heavy atom. The summed E-state index contributed by atoms with van der Waals surface area (Å²) in [5.74, 6) is -0.102. The number of rotatable bonds is 6. The highest BCUT2D eigenvalue weighted by Gasteiger charge is 2.27. The van der Waals surface area contributed by atoms with E-state index >= 15 is 0 Å². The van der Waals surface area contributed by atoms with Crippen molar-refractivity contribution in [2.24, 2.45) is 0 Å². The number of carbonyl (C=O) groups excluding carboxylic acids is 1. The summed E-state index contributed by atoms with van der Waals surface area (Å²) in [6, 6.07) is 15.2. The number of benzene rings is 2. The van der Waals surface area contributed by atoms with E-state index in [4.69, 9.17) is 0 Å². The first-order valence-electron chi connectivity index (χ1n) is 11.1. The zero-order valence-corrected chi connectivity index (χ0v) is 18.9. The molecule has 6 nitrogen and oxygen atoms in total. The molecule has 1 amide bonds. The van der Waals surface area contributed by atoms with Gasteiger partial charge in [-0.2, -0.15) is 4.31 Å². The molecule has 2 aromatic carbocycles. The molecule has 1 N–H and O–H groups in total. The largest absolute Gasteiger partial charge is 0.325 e. The Balaban J connectivity index is 1.36. The summed E-state index contributed by atoms with van der Waals surface area (Å²) in [5, 5.41) is 2.90. The Hall–Kier alpha value is -2.22. The first-order valence-corrected chi connectivity index (χ1v) is 12.6. The van der Waals surface area contributed by atoms with Crippen LogP contribution >= 0.6 is 0 Å². The van der Waals surface area contributed by atoms with Crippen molar-refractivity contribution in [1.82, 2.24) is 9.21 Å². The second kappa shape index (κ2) is 9.51. The van der Waals surface area contributed by atoms with E-state index in [0.29, 0.717) is 18.8 Å². The average Bonchev–Trinajstić information content (AvgIpc) is 2.99. The van der Waals surface area contributed by atoms with Crippen molar-refractivity contribution in [3.8, 4) is 0 Å². The van der Waals surface area contributed by atoms with Crippen LogP contribution in [0.4, 0.5) is 5.69 Å². The van der Waals surface area contributed by atoms with Crippen molar-refractivity contribution < 1.29 is 13.2 Å². The van der Waals surface area contributed by atoms with Crippen molar-refractivity contribution in [2.75, 3.05) is 32.0 Å². The third-order valence-electron chi connectivity index (χ3n) is 6.37. The third-order valence-corrected chi connectivity index (χ3v) is 8.28. The minimum Gasteiger partial charge on any atom is -0.325 e. The fourth-order valence-electron chi connectivity index (χ4n) is 4.67. The molecule has 0 spiro atoms. The van der Waals surface area contributed by atoms with Crippen LogP contribution in [0.25, 0.3) is 0 Å². The van der Waals surface area contributed by atoms with Crippen LogP contribution < -0.4 is 5.32 Å². The van der Waals surface area contributed by atoms with Crippen LogP contribution in [0.15, 0.2) is 53.4 Å². The van der Waals surface area contributed by atoms with Gasteiger partial charge in [0.15, 0.2) is 0 Å². The second-order valence-corrected chi connectivity index (χ2v) is 10.5. The number of nitrogens with zero attached hydrogens (tertiary/aromatic N) is 2. The van der Waals surface area contributed by atoms with Gasteiger partial charge in [0, 0.05) is 24.8 Å². The number of anilines is 1. The fourth-order valence-corrected chi connectivity index (χ4v) is 6.19. The SMILES string of the molecule is CN(CC(=O)Nc1ccc(S(=O)(=O)N2CCCCCC2)cc1)C1CCc2ccccc21. The minimum absolute atomic E-state index is 0.102.